The Morgan fingerprint density at radius 3 is 2.40 bits per heavy atom. The maximum Gasteiger partial charge on any atom is 0.209 e. The number of hydrogen-bond acceptors (Lipinski definition) is 4. The monoisotopic (exact) mass is 274 g/mol. The number of anilines is 1. The third kappa shape index (κ3) is 2.93. The van der Waals surface area contributed by atoms with E-state index < -0.39 is 0 Å². The molecule has 1 aromatic heterocycles. The fourth-order valence-electron chi connectivity index (χ4n) is 3.21. The summed E-state index contributed by atoms with van der Waals surface area (Å²) in [6.07, 6.45) is 5.07. The Morgan fingerprint density at radius 1 is 1.05 bits per heavy atom. The summed E-state index contributed by atoms with van der Waals surface area (Å²) in [6, 6.07) is 6.74. The average molecular weight is 274 g/mol. The smallest absolute Gasteiger partial charge is 0.209 e. The summed E-state index contributed by atoms with van der Waals surface area (Å²) in [5.41, 5.74) is 0. The van der Waals surface area contributed by atoms with E-state index in [1.54, 1.807) is 0 Å². The summed E-state index contributed by atoms with van der Waals surface area (Å²) in [7, 11) is 0. The quantitative estimate of drug-likeness (QED) is 0.765. The molecule has 0 aromatic carbocycles. The molecule has 20 heavy (non-hydrogen) atoms. The Kier molecular flexibility index (Phi) is 4.16. The van der Waals surface area contributed by atoms with Gasteiger partial charge in [0.15, 0.2) is 0 Å². The highest BCUT2D eigenvalue weighted by atomic mass is 16.1. The highest BCUT2D eigenvalue weighted by molar-refractivity contribution is 5.47. The molecule has 0 unspecified atom stereocenters. The van der Waals surface area contributed by atoms with Crippen LogP contribution in [0.1, 0.15) is 12.8 Å². The van der Waals surface area contributed by atoms with Gasteiger partial charge in [-0.25, -0.2) is 4.98 Å². The van der Waals surface area contributed by atoms with Crippen molar-refractivity contribution >= 4 is 12.2 Å². The van der Waals surface area contributed by atoms with Gasteiger partial charge in [-0.15, -0.1) is 0 Å². The zero-order valence-electron chi connectivity index (χ0n) is 11.8. The number of piperazine rings is 1. The van der Waals surface area contributed by atoms with Crippen molar-refractivity contribution < 1.29 is 4.79 Å². The number of aromatic nitrogens is 1. The van der Waals surface area contributed by atoms with Gasteiger partial charge in [-0.3, -0.25) is 9.69 Å². The van der Waals surface area contributed by atoms with Crippen LogP contribution in [0, 0.1) is 0 Å². The largest absolute Gasteiger partial charge is 0.354 e. The van der Waals surface area contributed by atoms with E-state index in [4.69, 9.17) is 0 Å². The van der Waals surface area contributed by atoms with Crippen molar-refractivity contribution in [1.82, 2.24) is 14.8 Å². The minimum Gasteiger partial charge on any atom is -0.354 e. The number of amides is 1. The number of nitrogens with zero attached hydrogens (tertiary/aromatic N) is 4. The van der Waals surface area contributed by atoms with Gasteiger partial charge in [0, 0.05) is 51.5 Å². The number of piperidine rings is 1. The first-order valence-electron chi connectivity index (χ1n) is 7.46. The van der Waals surface area contributed by atoms with Crippen LogP contribution >= 0.6 is 0 Å². The van der Waals surface area contributed by atoms with Crippen LogP contribution in [0.3, 0.4) is 0 Å². The molecule has 0 aliphatic carbocycles. The fraction of sp³-hybridized carbons (Fsp3) is 0.600. The Bertz CT molecular complexity index is 423. The number of carbonyl (C=O) groups excluding carboxylic acids is 1. The number of likely N-dealkylation sites (tertiary alicyclic amines) is 1. The van der Waals surface area contributed by atoms with E-state index in [0.717, 1.165) is 64.3 Å². The van der Waals surface area contributed by atoms with Crippen molar-refractivity contribution in [3.05, 3.63) is 24.4 Å². The third-order valence-corrected chi connectivity index (χ3v) is 4.45. The topological polar surface area (TPSA) is 39.7 Å². The number of rotatable bonds is 3. The van der Waals surface area contributed by atoms with Crippen LogP contribution in [0.2, 0.25) is 0 Å². The van der Waals surface area contributed by atoms with E-state index in [0.29, 0.717) is 6.04 Å². The molecule has 5 heteroatoms. The molecule has 0 radical (unpaired) electrons. The predicted octanol–water partition coefficient (Wildman–Crippen LogP) is 0.824. The summed E-state index contributed by atoms with van der Waals surface area (Å²) in [5.74, 6) is 1.09. The molecule has 1 amide bonds. The molecule has 5 nitrogen and oxygen atoms in total. The van der Waals surface area contributed by atoms with Crippen LogP contribution in [0.15, 0.2) is 24.4 Å². The third-order valence-electron chi connectivity index (χ3n) is 4.45. The van der Waals surface area contributed by atoms with E-state index in [9.17, 15) is 4.79 Å². The molecule has 2 aliphatic heterocycles. The second-order valence-corrected chi connectivity index (χ2v) is 5.58. The van der Waals surface area contributed by atoms with Gasteiger partial charge in [-0.05, 0) is 25.0 Å². The summed E-state index contributed by atoms with van der Waals surface area (Å²) in [5, 5.41) is 0. The van der Waals surface area contributed by atoms with Crippen molar-refractivity contribution in [2.75, 3.05) is 44.2 Å². The molecule has 2 aliphatic rings. The Labute approximate surface area is 120 Å². The Balaban J connectivity index is 1.50. The van der Waals surface area contributed by atoms with Crippen molar-refractivity contribution in [1.29, 1.82) is 0 Å². The molecule has 3 rings (SSSR count). The fourth-order valence-corrected chi connectivity index (χ4v) is 3.21. The van der Waals surface area contributed by atoms with Gasteiger partial charge in [0.2, 0.25) is 6.41 Å². The minimum absolute atomic E-state index is 0.650. The molecule has 0 atom stereocenters. The van der Waals surface area contributed by atoms with Gasteiger partial charge in [-0.1, -0.05) is 6.07 Å². The maximum absolute atomic E-state index is 10.7. The van der Waals surface area contributed by atoms with Gasteiger partial charge >= 0.3 is 0 Å². The average Bonchev–Trinajstić information content (AvgIpc) is 2.56. The number of pyridine rings is 1. The molecular formula is C15H22N4O. The van der Waals surface area contributed by atoms with Crippen LogP contribution in [0.4, 0.5) is 5.82 Å². The minimum atomic E-state index is 0.650. The van der Waals surface area contributed by atoms with Crippen LogP contribution in [-0.4, -0.2) is 66.5 Å². The van der Waals surface area contributed by atoms with E-state index in [-0.39, 0.29) is 0 Å². The SMILES string of the molecule is O=CN1CCC(N2CCN(c3ccccn3)CC2)CC1. The molecule has 0 saturated carbocycles. The summed E-state index contributed by atoms with van der Waals surface area (Å²) in [4.78, 5) is 22.0. The summed E-state index contributed by atoms with van der Waals surface area (Å²) >= 11 is 0. The van der Waals surface area contributed by atoms with Gasteiger partial charge in [0.05, 0.1) is 0 Å². The van der Waals surface area contributed by atoms with Crippen molar-refractivity contribution in [3.63, 3.8) is 0 Å². The van der Waals surface area contributed by atoms with Crippen LogP contribution < -0.4 is 4.90 Å². The molecule has 3 heterocycles. The maximum atomic E-state index is 10.7. The number of hydrogen-bond donors (Lipinski definition) is 0. The van der Waals surface area contributed by atoms with Crippen LogP contribution in [-0.2, 0) is 4.79 Å². The zero-order valence-corrected chi connectivity index (χ0v) is 11.8. The zero-order chi connectivity index (χ0) is 13.8. The van der Waals surface area contributed by atoms with Gasteiger partial charge < -0.3 is 9.80 Å². The van der Waals surface area contributed by atoms with Crippen molar-refractivity contribution in [3.8, 4) is 0 Å². The van der Waals surface area contributed by atoms with E-state index >= 15 is 0 Å². The first-order valence-corrected chi connectivity index (χ1v) is 7.46. The molecule has 0 spiro atoms. The predicted molar refractivity (Wildman–Crippen MR) is 78.7 cm³/mol. The van der Waals surface area contributed by atoms with Gasteiger partial charge in [-0.2, -0.15) is 0 Å². The van der Waals surface area contributed by atoms with Crippen molar-refractivity contribution in [2.24, 2.45) is 0 Å². The lowest BCUT2D eigenvalue weighted by molar-refractivity contribution is -0.119. The highest BCUT2D eigenvalue weighted by Gasteiger charge is 2.27. The standard InChI is InChI=1S/C15H22N4O/c20-13-17-7-4-14(5-8-17)18-9-11-19(12-10-18)15-3-1-2-6-16-15/h1-3,6,13-14H,4-5,7-12H2. The lowest BCUT2D eigenvalue weighted by atomic mass is 10.0. The summed E-state index contributed by atoms with van der Waals surface area (Å²) < 4.78 is 0. The molecule has 2 fully saturated rings. The molecule has 1 aromatic rings. The normalized spacial score (nSPS) is 22.0. The van der Waals surface area contributed by atoms with E-state index in [1.165, 1.54) is 0 Å². The van der Waals surface area contributed by atoms with Crippen molar-refractivity contribution in [2.45, 2.75) is 18.9 Å². The summed E-state index contributed by atoms with van der Waals surface area (Å²) in [6.45, 7) is 6.11. The highest BCUT2D eigenvalue weighted by Crippen LogP contribution is 2.19. The van der Waals surface area contributed by atoms with E-state index in [2.05, 4.69) is 20.9 Å². The second kappa shape index (κ2) is 6.22. The first-order chi connectivity index (χ1) is 9.86. The Hall–Kier alpha value is -1.62. The van der Waals surface area contributed by atoms with E-state index in [1.807, 2.05) is 23.2 Å². The Morgan fingerprint density at radius 2 is 1.80 bits per heavy atom. The second-order valence-electron chi connectivity index (χ2n) is 5.58. The molecular weight excluding hydrogens is 252 g/mol. The first kappa shape index (κ1) is 13.4. The lowest BCUT2D eigenvalue weighted by Gasteiger charge is -2.42. The van der Waals surface area contributed by atoms with Crippen LogP contribution in [0.25, 0.3) is 0 Å². The van der Waals surface area contributed by atoms with Crippen LogP contribution in [0.5, 0.6) is 0 Å². The molecule has 0 N–H and O–H groups in total. The lowest BCUT2D eigenvalue weighted by Crippen LogP contribution is -2.53. The van der Waals surface area contributed by atoms with Gasteiger partial charge in [0.1, 0.15) is 5.82 Å². The molecule has 108 valence electrons. The number of carbonyl (C=O) groups is 1. The molecule has 2 saturated heterocycles. The van der Waals surface area contributed by atoms with Gasteiger partial charge in [0.25, 0.3) is 0 Å². The molecule has 0 bridgehead atoms.